The van der Waals surface area contributed by atoms with E-state index in [0.29, 0.717) is 40.1 Å². The van der Waals surface area contributed by atoms with Gasteiger partial charge in [-0.25, -0.2) is 9.67 Å². The van der Waals surface area contributed by atoms with E-state index in [4.69, 9.17) is 9.47 Å². The van der Waals surface area contributed by atoms with Crippen LogP contribution in [0.1, 0.15) is 15.9 Å². The van der Waals surface area contributed by atoms with Crippen molar-refractivity contribution >= 4 is 35.1 Å². The highest BCUT2D eigenvalue weighted by atomic mass is 32.2. The number of hydrogen-bond acceptors (Lipinski definition) is 8. The summed E-state index contributed by atoms with van der Waals surface area (Å²) in [6.07, 6.45) is 6.65. The number of hydrogen-bond donors (Lipinski definition) is 2. The summed E-state index contributed by atoms with van der Waals surface area (Å²) in [7, 11) is 0. The molecule has 1 aliphatic heterocycles. The molecule has 0 aliphatic carbocycles. The second-order valence-corrected chi connectivity index (χ2v) is 8.41. The van der Waals surface area contributed by atoms with Crippen molar-refractivity contribution in [2.75, 3.05) is 23.2 Å². The van der Waals surface area contributed by atoms with E-state index < -0.39 is 0 Å². The van der Waals surface area contributed by atoms with Gasteiger partial charge in [0.25, 0.3) is 5.91 Å². The minimum Gasteiger partial charge on any atom is -0.454 e. The van der Waals surface area contributed by atoms with Gasteiger partial charge in [0.05, 0.1) is 24.1 Å². The molecule has 0 atom stereocenters. The van der Waals surface area contributed by atoms with E-state index in [1.54, 1.807) is 65.9 Å². The molecule has 4 heterocycles. The van der Waals surface area contributed by atoms with Crippen LogP contribution >= 0.6 is 11.8 Å². The van der Waals surface area contributed by atoms with Gasteiger partial charge in [-0.05, 0) is 35.9 Å². The third-order valence-corrected chi connectivity index (χ3v) is 6.03. The van der Waals surface area contributed by atoms with Crippen LogP contribution in [0, 0.1) is 0 Å². The van der Waals surface area contributed by atoms with Gasteiger partial charge < -0.3 is 20.1 Å². The van der Waals surface area contributed by atoms with Gasteiger partial charge in [0, 0.05) is 36.4 Å². The zero-order valence-electron chi connectivity index (χ0n) is 18.4. The van der Waals surface area contributed by atoms with Crippen LogP contribution < -0.4 is 20.1 Å². The average molecular weight is 489 g/mol. The standard InChI is InChI=1S/C24H20N6O4S/c31-22(28-17-5-6-19-20(11-17)34-15-33-19)14-35-24-18(4-2-9-26-24)23(32)29-21-7-10-27-30(21)13-16-3-1-8-25-12-16/h1-12H,13-15H2,(H,28,31)(H,29,32). The largest absolute Gasteiger partial charge is 0.454 e. The van der Waals surface area contributed by atoms with E-state index in [-0.39, 0.29) is 24.4 Å². The number of nitrogens with zero attached hydrogens (tertiary/aromatic N) is 4. The van der Waals surface area contributed by atoms with E-state index >= 15 is 0 Å². The number of aromatic nitrogens is 4. The first kappa shape index (κ1) is 22.4. The quantitative estimate of drug-likeness (QED) is 0.362. The Balaban J connectivity index is 1.22. The van der Waals surface area contributed by atoms with Crippen molar-refractivity contribution in [3.05, 3.63) is 84.4 Å². The zero-order valence-corrected chi connectivity index (χ0v) is 19.2. The smallest absolute Gasteiger partial charge is 0.259 e. The highest BCUT2D eigenvalue weighted by Gasteiger charge is 2.17. The Labute approximate surface area is 204 Å². The molecule has 11 heteroatoms. The normalized spacial score (nSPS) is 11.8. The van der Waals surface area contributed by atoms with Crippen LogP contribution in [0.25, 0.3) is 0 Å². The summed E-state index contributed by atoms with van der Waals surface area (Å²) in [5, 5.41) is 10.4. The van der Waals surface area contributed by atoms with Crippen molar-refractivity contribution in [2.24, 2.45) is 0 Å². The molecule has 0 fully saturated rings. The summed E-state index contributed by atoms with van der Waals surface area (Å²) in [5.74, 6) is 1.26. The van der Waals surface area contributed by atoms with Crippen molar-refractivity contribution in [1.29, 1.82) is 0 Å². The number of carbonyl (C=O) groups excluding carboxylic acids is 2. The first-order valence-electron chi connectivity index (χ1n) is 10.6. The molecule has 35 heavy (non-hydrogen) atoms. The van der Waals surface area contributed by atoms with Gasteiger partial charge >= 0.3 is 0 Å². The molecule has 1 aromatic carbocycles. The number of pyridine rings is 2. The fraction of sp³-hybridized carbons (Fsp3) is 0.125. The van der Waals surface area contributed by atoms with Crippen molar-refractivity contribution in [3.63, 3.8) is 0 Å². The van der Waals surface area contributed by atoms with Crippen LogP contribution in [0.2, 0.25) is 0 Å². The molecule has 0 unspecified atom stereocenters. The lowest BCUT2D eigenvalue weighted by molar-refractivity contribution is -0.113. The minimum atomic E-state index is -0.343. The number of fused-ring (bicyclic) bond motifs is 1. The zero-order chi connectivity index (χ0) is 24.0. The Bertz CT molecular complexity index is 1360. The molecule has 0 saturated heterocycles. The van der Waals surface area contributed by atoms with E-state index in [9.17, 15) is 9.59 Å². The third-order valence-electron chi connectivity index (χ3n) is 5.03. The van der Waals surface area contributed by atoms with E-state index in [2.05, 4.69) is 25.7 Å². The molecule has 2 amide bonds. The Morgan fingerprint density at radius 2 is 1.89 bits per heavy atom. The molecule has 1 aliphatic rings. The summed E-state index contributed by atoms with van der Waals surface area (Å²) >= 11 is 1.18. The maximum absolute atomic E-state index is 13.0. The Hall–Kier alpha value is -4.38. The van der Waals surface area contributed by atoms with E-state index in [1.165, 1.54) is 11.8 Å². The van der Waals surface area contributed by atoms with E-state index in [1.807, 2.05) is 12.1 Å². The van der Waals surface area contributed by atoms with Crippen LogP contribution in [0.4, 0.5) is 11.5 Å². The fourth-order valence-electron chi connectivity index (χ4n) is 3.40. The SMILES string of the molecule is O=C(CSc1ncccc1C(=O)Nc1ccnn1Cc1cccnc1)Nc1ccc2c(c1)OCO2. The average Bonchev–Trinajstić information content (AvgIpc) is 3.52. The van der Waals surface area contributed by atoms with Crippen LogP contribution in [-0.2, 0) is 11.3 Å². The van der Waals surface area contributed by atoms with Crippen LogP contribution in [0.3, 0.4) is 0 Å². The molecule has 176 valence electrons. The van der Waals surface area contributed by atoms with Gasteiger partial charge in [0.15, 0.2) is 11.5 Å². The Kier molecular flexibility index (Phi) is 6.57. The topological polar surface area (TPSA) is 120 Å². The minimum absolute atomic E-state index is 0.0741. The summed E-state index contributed by atoms with van der Waals surface area (Å²) in [6.45, 7) is 0.627. The van der Waals surface area contributed by atoms with E-state index in [0.717, 1.165) is 5.56 Å². The molecule has 0 saturated carbocycles. The van der Waals surface area contributed by atoms with Crippen molar-refractivity contribution in [1.82, 2.24) is 19.7 Å². The lowest BCUT2D eigenvalue weighted by atomic mass is 10.2. The Morgan fingerprint density at radius 1 is 1.00 bits per heavy atom. The number of thioether (sulfide) groups is 1. The van der Waals surface area contributed by atoms with Crippen LogP contribution in [-0.4, -0.2) is 44.1 Å². The second kappa shape index (κ2) is 10.3. The molecule has 2 N–H and O–H groups in total. The Morgan fingerprint density at radius 3 is 2.77 bits per heavy atom. The first-order chi connectivity index (χ1) is 17.2. The maximum atomic E-state index is 13.0. The summed E-state index contributed by atoms with van der Waals surface area (Å²) < 4.78 is 12.3. The summed E-state index contributed by atoms with van der Waals surface area (Å²) in [6, 6.07) is 14.0. The molecule has 5 rings (SSSR count). The van der Waals surface area contributed by atoms with Crippen molar-refractivity contribution < 1.29 is 19.1 Å². The van der Waals surface area contributed by atoms with Crippen molar-refractivity contribution in [2.45, 2.75) is 11.6 Å². The number of nitrogens with one attached hydrogen (secondary N) is 2. The lowest BCUT2D eigenvalue weighted by Crippen LogP contribution is -2.18. The number of anilines is 2. The van der Waals surface area contributed by atoms with Gasteiger partial charge in [-0.15, -0.1) is 0 Å². The molecule has 0 bridgehead atoms. The third kappa shape index (κ3) is 5.41. The van der Waals surface area contributed by atoms with Gasteiger partial charge in [-0.1, -0.05) is 17.8 Å². The van der Waals surface area contributed by atoms with Crippen molar-refractivity contribution in [3.8, 4) is 11.5 Å². The summed E-state index contributed by atoms with van der Waals surface area (Å²) in [4.78, 5) is 33.9. The number of rotatable bonds is 8. The molecule has 0 spiro atoms. The van der Waals surface area contributed by atoms with Crippen LogP contribution in [0.5, 0.6) is 11.5 Å². The molecule has 4 aromatic rings. The maximum Gasteiger partial charge on any atom is 0.259 e. The molecule has 10 nitrogen and oxygen atoms in total. The molecular weight excluding hydrogens is 468 g/mol. The predicted octanol–water partition coefficient (Wildman–Crippen LogP) is 3.43. The van der Waals surface area contributed by atoms with Gasteiger partial charge in [-0.3, -0.25) is 14.6 Å². The number of benzene rings is 1. The van der Waals surface area contributed by atoms with Gasteiger partial charge in [-0.2, -0.15) is 5.10 Å². The second-order valence-electron chi connectivity index (χ2n) is 7.45. The molecule has 3 aromatic heterocycles. The fourth-order valence-corrected chi connectivity index (χ4v) is 4.19. The van der Waals surface area contributed by atoms with Gasteiger partial charge in [0.1, 0.15) is 10.8 Å². The predicted molar refractivity (Wildman–Crippen MR) is 130 cm³/mol. The van der Waals surface area contributed by atoms with Crippen LogP contribution in [0.15, 0.2) is 78.3 Å². The van der Waals surface area contributed by atoms with Gasteiger partial charge in [0.2, 0.25) is 12.7 Å². The first-order valence-corrected chi connectivity index (χ1v) is 11.6. The number of carbonyl (C=O) groups is 2. The molecule has 0 radical (unpaired) electrons. The number of amides is 2. The summed E-state index contributed by atoms with van der Waals surface area (Å²) in [5.41, 5.74) is 1.92. The monoisotopic (exact) mass is 488 g/mol. The highest BCUT2D eigenvalue weighted by molar-refractivity contribution is 8.00. The number of ether oxygens (including phenoxy) is 2. The lowest BCUT2D eigenvalue weighted by Gasteiger charge is -2.11. The highest BCUT2D eigenvalue weighted by Crippen LogP contribution is 2.34. The molecular formula is C24H20N6O4S.